The number of anilines is 1. The molecule has 0 atom stereocenters. The van der Waals surface area contributed by atoms with Gasteiger partial charge in [-0.1, -0.05) is 18.2 Å². The molecule has 0 saturated carbocycles. The van der Waals surface area contributed by atoms with E-state index in [1.807, 2.05) is 30.3 Å². The highest BCUT2D eigenvalue weighted by atomic mass is 16.1. The van der Waals surface area contributed by atoms with Crippen LogP contribution in [0.25, 0.3) is 0 Å². The summed E-state index contributed by atoms with van der Waals surface area (Å²) in [7, 11) is 0. The van der Waals surface area contributed by atoms with Crippen LogP contribution in [0, 0.1) is 0 Å². The molecular formula is C14H13N3O. The van der Waals surface area contributed by atoms with Crippen molar-refractivity contribution in [3.05, 3.63) is 54.6 Å². The maximum atomic E-state index is 10.9. The Morgan fingerprint density at radius 1 is 0.889 bits per heavy atom. The summed E-state index contributed by atoms with van der Waals surface area (Å²) >= 11 is 0. The predicted octanol–water partition coefficient (Wildman–Crippen LogP) is 4.06. The topological polar surface area (TPSA) is 53.8 Å². The molecule has 0 saturated heterocycles. The van der Waals surface area contributed by atoms with Gasteiger partial charge in [0.1, 0.15) is 0 Å². The summed E-state index contributed by atoms with van der Waals surface area (Å²) in [6.07, 6.45) is 0. The Balaban J connectivity index is 2.06. The first-order valence-electron chi connectivity index (χ1n) is 5.58. The highest BCUT2D eigenvalue weighted by Crippen LogP contribution is 2.19. The van der Waals surface area contributed by atoms with Gasteiger partial charge >= 0.3 is 0 Å². The lowest BCUT2D eigenvalue weighted by atomic mass is 10.3. The second-order valence-electron chi connectivity index (χ2n) is 3.76. The molecule has 0 aliphatic carbocycles. The average molecular weight is 239 g/mol. The number of hydrogen-bond acceptors (Lipinski definition) is 3. The fourth-order valence-corrected chi connectivity index (χ4v) is 1.42. The first-order valence-corrected chi connectivity index (χ1v) is 5.58. The second kappa shape index (κ2) is 5.72. The Bertz CT molecular complexity index is 547. The van der Waals surface area contributed by atoms with Crippen molar-refractivity contribution in [2.24, 2.45) is 10.2 Å². The van der Waals surface area contributed by atoms with Crippen LogP contribution in [0.4, 0.5) is 17.1 Å². The van der Waals surface area contributed by atoms with Crippen LogP contribution in [0.2, 0.25) is 0 Å². The minimum atomic E-state index is -0.0892. The largest absolute Gasteiger partial charge is 0.326 e. The Kier molecular flexibility index (Phi) is 3.81. The lowest BCUT2D eigenvalue weighted by Gasteiger charge is -2.00. The van der Waals surface area contributed by atoms with E-state index in [2.05, 4.69) is 15.5 Å². The monoisotopic (exact) mass is 239 g/mol. The Labute approximate surface area is 105 Å². The van der Waals surface area contributed by atoms with Crippen molar-refractivity contribution >= 4 is 23.0 Å². The van der Waals surface area contributed by atoms with Crippen LogP contribution in [0.15, 0.2) is 64.8 Å². The highest BCUT2D eigenvalue weighted by Gasteiger charge is 1.95. The Hall–Kier alpha value is -2.49. The van der Waals surface area contributed by atoms with Gasteiger partial charge in [-0.3, -0.25) is 4.79 Å². The molecule has 18 heavy (non-hydrogen) atoms. The van der Waals surface area contributed by atoms with Gasteiger partial charge in [0.05, 0.1) is 11.4 Å². The number of amides is 1. The van der Waals surface area contributed by atoms with Gasteiger partial charge in [-0.15, -0.1) is 0 Å². The number of nitrogens with zero attached hydrogens (tertiary/aromatic N) is 2. The van der Waals surface area contributed by atoms with Crippen molar-refractivity contribution in [1.29, 1.82) is 0 Å². The molecule has 0 aliphatic rings. The van der Waals surface area contributed by atoms with Crippen molar-refractivity contribution < 1.29 is 4.79 Å². The van der Waals surface area contributed by atoms with Gasteiger partial charge in [0.25, 0.3) is 0 Å². The molecule has 1 amide bonds. The molecule has 0 fully saturated rings. The van der Waals surface area contributed by atoms with E-state index in [1.165, 1.54) is 6.92 Å². The van der Waals surface area contributed by atoms with Crippen LogP contribution in [-0.2, 0) is 4.79 Å². The molecule has 1 N–H and O–H groups in total. The smallest absolute Gasteiger partial charge is 0.221 e. The normalized spacial score (nSPS) is 10.5. The molecular weight excluding hydrogens is 226 g/mol. The summed E-state index contributed by atoms with van der Waals surface area (Å²) in [5.41, 5.74) is 2.30. The van der Waals surface area contributed by atoms with Gasteiger partial charge in [-0.2, -0.15) is 10.2 Å². The SMILES string of the molecule is CC(=O)Nc1ccc(/N=N/c2ccccc2)cc1. The van der Waals surface area contributed by atoms with E-state index in [0.717, 1.165) is 17.1 Å². The quantitative estimate of drug-likeness (QED) is 0.807. The molecule has 0 heterocycles. The second-order valence-corrected chi connectivity index (χ2v) is 3.76. The fourth-order valence-electron chi connectivity index (χ4n) is 1.42. The van der Waals surface area contributed by atoms with Gasteiger partial charge in [0.15, 0.2) is 0 Å². The minimum Gasteiger partial charge on any atom is -0.326 e. The van der Waals surface area contributed by atoms with E-state index >= 15 is 0 Å². The molecule has 2 aromatic rings. The summed E-state index contributed by atoms with van der Waals surface area (Å²) in [5, 5.41) is 10.9. The van der Waals surface area contributed by atoms with Crippen molar-refractivity contribution in [3.63, 3.8) is 0 Å². The third kappa shape index (κ3) is 3.52. The highest BCUT2D eigenvalue weighted by molar-refractivity contribution is 5.88. The number of rotatable bonds is 3. The molecule has 4 nitrogen and oxygen atoms in total. The van der Waals surface area contributed by atoms with Crippen LogP contribution in [0.5, 0.6) is 0 Å². The van der Waals surface area contributed by atoms with E-state index in [9.17, 15) is 4.79 Å². The molecule has 2 rings (SSSR count). The average Bonchev–Trinajstić information content (AvgIpc) is 2.38. The van der Waals surface area contributed by atoms with E-state index in [4.69, 9.17) is 0 Å². The van der Waals surface area contributed by atoms with Crippen LogP contribution >= 0.6 is 0 Å². The third-order valence-corrected chi connectivity index (χ3v) is 2.22. The van der Waals surface area contributed by atoms with Gasteiger partial charge in [0, 0.05) is 12.6 Å². The summed E-state index contributed by atoms with van der Waals surface area (Å²) in [6.45, 7) is 1.48. The number of carbonyl (C=O) groups excluding carboxylic acids is 1. The third-order valence-electron chi connectivity index (χ3n) is 2.22. The van der Waals surface area contributed by atoms with Crippen molar-refractivity contribution in [1.82, 2.24) is 0 Å². The lowest BCUT2D eigenvalue weighted by Crippen LogP contribution is -2.04. The molecule has 4 heteroatoms. The van der Waals surface area contributed by atoms with Crippen LogP contribution in [0.3, 0.4) is 0 Å². The molecule has 0 spiro atoms. The molecule has 0 bridgehead atoms. The van der Waals surface area contributed by atoms with Crippen molar-refractivity contribution in [2.45, 2.75) is 6.92 Å². The molecule has 0 radical (unpaired) electrons. The van der Waals surface area contributed by atoms with E-state index < -0.39 is 0 Å². The van der Waals surface area contributed by atoms with Gasteiger partial charge < -0.3 is 5.32 Å². The predicted molar refractivity (Wildman–Crippen MR) is 71.4 cm³/mol. The number of hydrogen-bond donors (Lipinski definition) is 1. The lowest BCUT2D eigenvalue weighted by molar-refractivity contribution is -0.114. The molecule has 90 valence electrons. The first-order chi connectivity index (χ1) is 8.74. The van der Waals surface area contributed by atoms with Crippen LogP contribution < -0.4 is 5.32 Å². The molecule has 0 aliphatic heterocycles. The maximum Gasteiger partial charge on any atom is 0.221 e. The Morgan fingerprint density at radius 2 is 1.44 bits per heavy atom. The molecule has 0 unspecified atom stereocenters. The van der Waals surface area contributed by atoms with Crippen LogP contribution in [0.1, 0.15) is 6.92 Å². The zero-order chi connectivity index (χ0) is 12.8. The van der Waals surface area contributed by atoms with Crippen molar-refractivity contribution in [3.8, 4) is 0 Å². The fraction of sp³-hybridized carbons (Fsp3) is 0.0714. The van der Waals surface area contributed by atoms with E-state index in [1.54, 1.807) is 24.3 Å². The van der Waals surface area contributed by atoms with Gasteiger partial charge in [-0.05, 0) is 36.4 Å². The van der Waals surface area contributed by atoms with Gasteiger partial charge in [0.2, 0.25) is 5.91 Å². The summed E-state index contributed by atoms with van der Waals surface area (Å²) in [6, 6.07) is 16.7. The molecule has 0 aromatic heterocycles. The number of nitrogens with one attached hydrogen (secondary N) is 1. The Morgan fingerprint density at radius 3 is 2.00 bits per heavy atom. The van der Waals surface area contributed by atoms with Crippen LogP contribution in [-0.4, -0.2) is 5.91 Å². The standard InChI is InChI=1S/C14H13N3O/c1-11(18)15-12-7-9-14(10-8-12)17-16-13-5-3-2-4-6-13/h2-10H,1H3,(H,15,18)/b17-16+. The first kappa shape index (κ1) is 12.0. The maximum absolute atomic E-state index is 10.9. The molecule has 2 aromatic carbocycles. The zero-order valence-electron chi connectivity index (χ0n) is 10.00. The van der Waals surface area contributed by atoms with E-state index in [0.29, 0.717) is 0 Å². The van der Waals surface area contributed by atoms with E-state index in [-0.39, 0.29) is 5.91 Å². The summed E-state index contributed by atoms with van der Waals surface area (Å²) in [5.74, 6) is -0.0892. The number of carbonyl (C=O) groups is 1. The number of azo groups is 1. The zero-order valence-corrected chi connectivity index (χ0v) is 10.00. The minimum absolute atomic E-state index is 0.0892. The summed E-state index contributed by atoms with van der Waals surface area (Å²) < 4.78 is 0. The number of benzene rings is 2. The van der Waals surface area contributed by atoms with Gasteiger partial charge in [-0.25, -0.2) is 0 Å². The van der Waals surface area contributed by atoms with Crippen molar-refractivity contribution in [2.75, 3.05) is 5.32 Å². The summed E-state index contributed by atoms with van der Waals surface area (Å²) in [4.78, 5) is 10.9.